The standard InChI is InChI=1S/C10H17NO6/c1-5(12)11-7-3-17-8(4-16-6(2)13)10(15)9(7)14/h7-10,14-15H,3-4H2,1-2H3,(H,11,12). The topological polar surface area (TPSA) is 105 Å². The molecule has 0 aromatic carbocycles. The molecular weight excluding hydrogens is 230 g/mol. The van der Waals surface area contributed by atoms with Gasteiger partial charge in [-0.15, -0.1) is 0 Å². The maximum absolute atomic E-state index is 10.8. The fourth-order valence-electron chi connectivity index (χ4n) is 1.62. The maximum atomic E-state index is 10.8. The Kier molecular flexibility index (Phi) is 4.86. The van der Waals surface area contributed by atoms with Gasteiger partial charge in [0.25, 0.3) is 0 Å². The number of aliphatic hydroxyl groups is 2. The van der Waals surface area contributed by atoms with Crippen molar-refractivity contribution in [2.75, 3.05) is 13.2 Å². The van der Waals surface area contributed by atoms with E-state index in [2.05, 4.69) is 5.32 Å². The van der Waals surface area contributed by atoms with Crippen LogP contribution in [0.15, 0.2) is 0 Å². The number of ether oxygens (including phenoxy) is 2. The number of nitrogens with one attached hydrogen (secondary N) is 1. The molecule has 0 aliphatic carbocycles. The summed E-state index contributed by atoms with van der Waals surface area (Å²) in [5, 5.41) is 21.9. The van der Waals surface area contributed by atoms with Gasteiger partial charge in [-0.2, -0.15) is 0 Å². The highest BCUT2D eigenvalue weighted by molar-refractivity contribution is 5.73. The van der Waals surface area contributed by atoms with E-state index in [1.165, 1.54) is 13.8 Å². The molecule has 0 spiro atoms. The van der Waals surface area contributed by atoms with Crippen LogP contribution in [-0.4, -0.2) is 59.7 Å². The SMILES string of the molecule is CC(=O)NC1COC(COC(C)=O)C(O)C1O. The van der Waals surface area contributed by atoms with Crippen molar-refractivity contribution in [3.63, 3.8) is 0 Å². The van der Waals surface area contributed by atoms with Gasteiger partial charge in [-0.25, -0.2) is 0 Å². The summed E-state index contributed by atoms with van der Waals surface area (Å²) in [6.07, 6.45) is -3.13. The highest BCUT2D eigenvalue weighted by atomic mass is 16.6. The first-order valence-corrected chi connectivity index (χ1v) is 5.30. The van der Waals surface area contributed by atoms with E-state index < -0.39 is 30.3 Å². The largest absolute Gasteiger partial charge is 0.463 e. The molecule has 7 nitrogen and oxygen atoms in total. The minimum absolute atomic E-state index is 0.0593. The van der Waals surface area contributed by atoms with Crippen LogP contribution in [0.4, 0.5) is 0 Å². The second-order valence-corrected chi connectivity index (χ2v) is 3.96. The van der Waals surface area contributed by atoms with Gasteiger partial charge < -0.3 is 25.0 Å². The molecule has 1 amide bonds. The third-order valence-corrected chi connectivity index (χ3v) is 2.47. The second-order valence-electron chi connectivity index (χ2n) is 3.96. The highest BCUT2D eigenvalue weighted by Crippen LogP contribution is 2.16. The van der Waals surface area contributed by atoms with Crippen molar-refractivity contribution >= 4 is 11.9 Å². The zero-order valence-corrected chi connectivity index (χ0v) is 9.75. The molecule has 0 radical (unpaired) electrons. The normalized spacial score (nSPS) is 32.9. The number of hydrogen-bond acceptors (Lipinski definition) is 6. The average Bonchev–Trinajstić information content (AvgIpc) is 2.23. The number of esters is 1. The third-order valence-electron chi connectivity index (χ3n) is 2.47. The summed E-state index contributed by atoms with van der Waals surface area (Å²) in [6, 6.07) is -0.656. The summed E-state index contributed by atoms with van der Waals surface area (Å²) >= 11 is 0. The Balaban J connectivity index is 2.49. The van der Waals surface area contributed by atoms with Gasteiger partial charge in [0.2, 0.25) is 5.91 Å². The molecule has 1 heterocycles. The van der Waals surface area contributed by atoms with Crippen LogP contribution in [0.5, 0.6) is 0 Å². The Labute approximate surface area is 98.7 Å². The number of rotatable bonds is 3. The lowest BCUT2D eigenvalue weighted by Crippen LogP contribution is -2.59. The quantitative estimate of drug-likeness (QED) is 0.507. The van der Waals surface area contributed by atoms with Crippen molar-refractivity contribution in [2.24, 2.45) is 0 Å². The monoisotopic (exact) mass is 247 g/mol. The van der Waals surface area contributed by atoms with Crippen LogP contribution in [0.1, 0.15) is 13.8 Å². The number of carbonyl (C=O) groups excluding carboxylic acids is 2. The van der Waals surface area contributed by atoms with Crippen LogP contribution in [0, 0.1) is 0 Å². The number of carbonyl (C=O) groups is 2. The zero-order valence-electron chi connectivity index (χ0n) is 9.75. The van der Waals surface area contributed by atoms with Crippen LogP contribution in [0.3, 0.4) is 0 Å². The predicted octanol–water partition coefficient (Wildman–Crippen LogP) is -1.83. The van der Waals surface area contributed by atoms with Crippen molar-refractivity contribution < 1.29 is 29.3 Å². The van der Waals surface area contributed by atoms with Gasteiger partial charge in [-0.05, 0) is 0 Å². The lowest BCUT2D eigenvalue weighted by Gasteiger charge is -2.37. The summed E-state index contributed by atoms with van der Waals surface area (Å²) in [6.45, 7) is 2.49. The third kappa shape index (κ3) is 3.95. The molecule has 1 rings (SSSR count). The van der Waals surface area contributed by atoms with E-state index in [-0.39, 0.29) is 19.1 Å². The van der Waals surface area contributed by atoms with E-state index in [0.29, 0.717) is 0 Å². The molecule has 98 valence electrons. The Morgan fingerprint density at radius 3 is 2.53 bits per heavy atom. The van der Waals surface area contributed by atoms with E-state index in [0.717, 1.165) is 0 Å². The predicted molar refractivity (Wildman–Crippen MR) is 56.0 cm³/mol. The molecule has 4 unspecified atom stereocenters. The minimum atomic E-state index is -1.21. The Bertz CT molecular complexity index is 293. The number of hydrogen-bond donors (Lipinski definition) is 3. The maximum Gasteiger partial charge on any atom is 0.302 e. The summed E-state index contributed by atoms with van der Waals surface area (Å²) < 4.78 is 9.92. The molecule has 3 N–H and O–H groups in total. The second kappa shape index (κ2) is 5.95. The molecule has 7 heteroatoms. The van der Waals surface area contributed by atoms with Crippen molar-refractivity contribution in [3.05, 3.63) is 0 Å². The molecule has 0 bridgehead atoms. The van der Waals surface area contributed by atoms with Crippen molar-refractivity contribution in [1.29, 1.82) is 0 Å². The van der Waals surface area contributed by atoms with Gasteiger partial charge in [-0.3, -0.25) is 9.59 Å². The fraction of sp³-hybridized carbons (Fsp3) is 0.800. The lowest BCUT2D eigenvalue weighted by molar-refractivity contribution is -0.176. The summed E-state index contributed by atoms with van der Waals surface area (Å²) in [7, 11) is 0. The van der Waals surface area contributed by atoms with Gasteiger partial charge in [0.1, 0.15) is 24.9 Å². The molecule has 1 fully saturated rings. The first kappa shape index (κ1) is 13.9. The highest BCUT2D eigenvalue weighted by Gasteiger charge is 2.39. The molecule has 1 aliphatic rings. The average molecular weight is 247 g/mol. The van der Waals surface area contributed by atoms with Crippen LogP contribution < -0.4 is 5.32 Å². The smallest absolute Gasteiger partial charge is 0.302 e. The summed E-state index contributed by atoms with van der Waals surface area (Å²) in [5.74, 6) is -0.803. The number of amides is 1. The number of aliphatic hydroxyl groups excluding tert-OH is 2. The van der Waals surface area contributed by atoms with Gasteiger partial charge in [0, 0.05) is 13.8 Å². The van der Waals surface area contributed by atoms with Crippen LogP contribution in [-0.2, 0) is 19.1 Å². The first-order valence-electron chi connectivity index (χ1n) is 5.30. The van der Waals surface area contributed by atoms with Crippen molar-refractivity contribution in [3.8, 4) is 0 Å². The van der Waals surface area contributed by atoms with Crippen LogP contribution in [0.25, 0.3) is 0 Å². The molecule has 1 saturated heterocycles. The van der Waals surface area contributed by atoms with Crippen molar-refractivity contribution in [1.82, 2.24) is 5.32 Å². The Hall–Kier alpha value is -1.18. The Morgan fingerprint density at radius 1 is 1.35 bits per heavy atom. The molecular formula is C10H17NO6. The summed E-state index contributed by atoms with van der Waals surface area (Å²) in [5.41, 5.74) is 0. The molecule has 0 saturated carbocycles. The molecule has 1 aliphatic heterocycles. The van der Waals surface area contributed by atoms with E-state index >= 15 is 0 Å². The van der Waals surface area contributed by atoms with Crippen LogP contribution >= 0.6 is 0 Å². The lowest BCUT2D eigenvalue weighted by atomic mass is 9.98. The van der Waals surface area contributed by atoms with Gasteiger partial charge in [0.15, 0.2) is 0 Å². The Morgan fingerprint density at radius 2 is 2.00 bits per heavy atom. The molecule has 0 aromatic rings. The van der Waals surface area contributed by atoms with E-state index in [4.69, 9.17) is 9.47 Å². The van der Waals surface area contributed by atoms with E-state index in [9.17, 15) is 19.8 Å². The molecule has 0 aromatic heterocycles. The van der Waals surface area contributed by atoms with E-state index in [1.54, 1.807) is 0 Å². The van der Waals surface area contributed by atoms with Gasteiger partial charge >= 0.3 is 5.97 Å². The van der Waals surface area contributed by atoms with Gasteiger partial charge in [0.05, 0.1) is 12.6 Å². The van der Waals surface area contributed by atoms with Crippen molar-refractivity contribution in [2.45, 2.75) is 38.2 Å². The molecule has 17 heavy (non-hydrogen) atoms. The van der Waals surface area contributed by atoms with Crippen LogP contribution in [0.2, 0.25) is 0 Å². The fourth-order valence-corrected chi connectivity index (χ4v) is 1.62. The first-order chi connectivity index (χ1) is 7.91. The minimum Gasteiger partial charge on any atom is -0.463 e. The summed E-state index contributed by atoms with van der Waals surface area (Å²) in [4.78, 5) is 21.4. The zero-order chi connectivity index (χ0) is 13.0. The van der Waals surface area contributed by atoms with E-state index in [1.807, 2.05) is 0 Å². The molecule has 4 atom stereocenters. The van der Waals surface area contributed by atoms with Gasteiger partial charge in [-0.1, -0.05) is 0 Å².